The largest absolute Gasteiger partial charge is 0.484 e. The summed E-state index contributed by atoms with van der Waals surface area (Å²) in [5.74, 6) is 0.330. The molecule has 0 atom stereocenters. The van der Waals surface area contributed by atoms with E-state index in [-0.39, 0.29) is 12.5 Å². The number of ether oxygens (including phenoxy) is 1. The van der Waals surface area contributed by atoms with E-state index in [0.717, 1.165) is 12.0 Å². The summed E-state index contributed by atoms with van der Waals surface area (Å²) in [5, 5.41) is 3.39. The van der Waals surface area contributed by atoms with Gasteiger partial charge in [0.2, 0.25) is 0 Å². The number of allylic oxidation sites excluding steroid dienone is 3. The van der Waals surface area contributed by atoms with Crippen LogP contribution in [0.15, 0.2) is 53.2 Å². The van der Waals surface area contributed by atoms with Gasteiger partial charge in [0, 0.05) is 18.3 Å². The van der Waals surface area contributed by atoms with Crippen molar-refractivity contribution < 1.29 is 9.53 Å². The molecule has 0 fully saturated rings. The Morgan fingerprint density at radius 2 is 2.10 bits per heavy atom. The number of hydrogen-bond donors (Lipinski definition) is 1. The van der Waals surface area contributed by atoms with Crippen LogP contribution in [-0.4, -0.2) is 25.8 Å². The topological polar surface area (TPSA) is 50.7 Å². The van der Waals surface area contributed by atoms with Gasteiger partial charge in [-0.1, -0.05) is 31.2 Å². The molecule has 0 radical (unpaired) electrons. The Morgan fingerprint density at radius 3 is 2.62 bits per heavy atom. The Labute approximate surface area is 130 Å². The fourth-order valence-corrected chi connectivity index (χ4v) is 1.76. The molecular weight excluding hydrogens is 288 g/mol. The van der Waals surface area contributed by atoms with Crippen molar-refractivity contribution >= 4 is 23.7 Å². The monoisotopic (exact) mass is 306 g/mol. The summed E-state index contributed by atoms with van der Waals surface area (Å²) in [6, 6.07) is 6.83. The third-order valence-corrected chi connectivity index (χ3v) is 2.94. The molecule has 0 saturated heterocycles. The van der Waals surface area contributed by atoms with Crippen LogP contribution in [0, 0.1) is 0 Å². The molecule has 0 aliphatic heterocycles. The third kappa shape index (κ3) is 5.83. The van der Waals surface area contributed by atoms with E-state index in [1.54, 1.807) is 43.6 Å². The molecule has 112 valence electrons. The van der Waals surface area contributed by atoms with Crippen molar-refractivity contribution in [3.63, 3.8) is 0 Å². The summed E-state index contributed by atoms with van der Waals surface area (Å²) >= 11 is 5.78. The second-order valence-corrected chi connectivity index (χ2v) is 4.61. The molecule has 21 heavy (non-hydrogen) atoms. The predicted octanol–water partition coefficient (Wildman–Crippen LogP) is 3.39. The summed E-state index contributed by atoms with van der Waals surface area (Å²) in [5.41, 5.74) is 1.56. The zero-order valence-corrected chi connectivity index (χ0v) is 13.0. The highest BCUT2D eigenvalue weighted by atomic mass is 35.5. The lowest BCUT2D eigenvalue weighted by Gasteiger charge is -2.10. The van der Waals surface area contributed by atoms with Crippen LogP contribution >= 0.6 is 11.6 Å². The first-order chi connectivity index (χ1) is 10.1. The molecule has 1 aromatic carbocycles. The highest BCUT2D eigenvalue weighted by Gasteiger charge is 2.07. The molecule has 0 aliphatic rings. The average molecular weight is 307 g/mol. The fraction of sp³-hybridized carbons (Fsp3) is 0.250. The van der Waals surface area contributed by atoms with E-state index in [2.05, 4.69) is 16.9 Å². The number of rotatable bonds is 7. The van der Waals surface area contributed by atoms with Crippen molar-refractivity contribution in [1.82, 2.24) is 5.32 Å². The third-order valence-electron chi connectivity index (χ3n) is 2.69. The van der Waals surface area contributed by atoms with E-state index in [4.69, 9.17) is 16.3 Å². The number of benzene rings is 1. The SMILES string of the molecule is C=C/C(CC)=C(/C=NC)NC(=O)COc1ccc(Cl)cc1. The molecule has 5 heteroatoms. The normalized spacial score (nSPS) is 12.0. The minimum atomic E-state index is -0.257. The van der Waals surface area contributed by atoms with Gasteiger partial charge in [-0.25, -0.2) is 0 Å². The van der Waals surface area contributed by atoms with Crippen LogP contribution in [0.2, 0.25) is 5.02 Å². The average Bonchev–Trinajstić information content (AvgIpc) is 2.48. The number of aliphatic imine (C=N–C) groups is 1. The summed E-state index contributed by atoms with van der Waals surface area (Å²) in [7, 11) is 1.65. The van der Waals surface area contributed by atoms with Gasteiger partial charge < -0.3 is 10.1 Å². The smallest absolute Gasteiger partial charge is 0.262 e. The molecular formula is C16H19ClN2O2. The summed E-state index contributed by atoms with van der Waals surface area (Å²) < 4.78 is 5.39. The van der Waals surface area contributed by atoms with E-state index in [1.807, 2.05) is 6.92 Å². The summed E-state index contributed by atoms with van der Waals surface area (Å²) in [6.07, 6.45) is 4.06. The molecule has 1 rings (SSSR count). The predicted molar refractivity (Wildman–Crippen MR) is 87.0 cm³/mol. The van der Waals surface area contributed by atoms with Crippen LogP contribution in [0.1, 0.15) is 13.3 Å². The van der Waals surface area contributed by atoms with E-state index in [1.165, 1.54) is 0 Å². The number of carbonyl (C=O) groups excluding carboxylic acids is 1. The second kappa shape index (κ2) is 8.97. The van der Waals surface area contributed by atoms with E-state index < -0.39 is 0 Å². The van der Waals surface area contributed by atoms with Crippen LogP contribution in [0.3, 0.4) is 0 Å². The number of nitrogens with zero attached hydrogens (tertiary/aromatic N) is 1. The first-order valence-electron chi connectivity index (χ1n) is 6.56. The van der Waals surface area contributed by atoms with Crippen LogP contribution in [0.4, 0.5) is 0 Å². The van der Waals surface area contributed by atoms with Gasteiger partial charge >= 0.3 is 0 Å². The van der Waals surface area contributed by atoms with Crippen LogP contribution < -0.4 is 10.1 Å². The van der Waals surface area contributed by atoms with Crippen molar-refractivity contribution in [2.75, 3.05) is 13.7 Å². The molecule has 0 unspecified atom stereocenters. The molecule has 1 N–H and O–H groups in total. The van der Waals surface area contributed by atoms with Gasteiger partial charge in [-0.3, -0.25) is 9.79 Å². The van der Waals surface area contributed by atoms with E-state index in [9.17, 15) is 4.79 Å². The Morgan fingerprint density at radius 1 is 1.43 bits per heavy atom. The number of nitrogens with one attached hydrogen (secondary N) is 1. The number of hydrogen-bond acceptors (Lipinski definition) is 3. The highest BCUT2D eigenvalue weighted by molar-refractivity contribution is 6.30. The lowest BCUT2D eigenvalue weighted by molar-refractivity contribution is -0.122. The van der Waals surface area contributed by atoms with Crippen molar-refractivity contribution in [3.8, 4) is 5.75 Å². The first-order valence-corrected chi connectivity index (χ1v) is 6.94. The Bertz CT molecular complexity index is 548. The molecule has 0 aromatic heterocycles. The zero-order chi connectivity index (χ0) is 15.7. The summed E-state index contributed by atoms with van der Waals surface area (Å²) in [6.45, 7) is 5.63. The second-order valence-electron chi connectivity index (χ2n) is 4.17. The van der Waals surface area contributed by atoms with Crippen molar-refractivity contribution in [3.05, 3.63) is 53.2 Å². The summed E-state index contributed by atoms with van der Waals surface area (Å²) in [4.78, 5) is 15.8. The van der Waals surface area contributed by atoms with Gasteiger partial charge in [-0.15, -0.1) is 0 Å². The molecule has 4 nitrogen and oxygen atoms in total. The fourth-order valence-electron chi connectivity index (χ4n) is 1.64. The van der Waals surface area contributed by atoms with Gasteiger partial charge in [-0.05, 0) is 36.3 Å². The van der Waals surface area contributed by atoms with E-state index in [0.29, 0.717) is 16.5 Å². The Kier molecular flexibility index (Phi) is 7.26. The molecule has 1 amide bonds. The maximum absolute atomic E-state index is 11.9. The molecule has 0 bridgehead atoms. The standard InChI is InChI=1S/C16H19ClN2O2/c1-4-12(5-2)15(10-18-3)19-16(20)11-21-14-8-6-13(17)7-9-14/h4,6-10H,1,5,11H2,2-3H3,(H,19,20)/b15-12+,18-10?. The Balaban J connectivity index is 2.64. The molecule has 0 aliphatic carbocycles. The first kappa shape index (κ1) is 17.0. The molecule has 0 heterocycles. The lowest BCUT2D eigenvalue weighted by Crippen LogP contribution is -2.29. The van der Waals surface area contributed by atoms with Crippen molar-refractivity contribution in [1.29, 1.82) is 0 Å². The van der Waals surface area contributed by atoms with Crippen LogP contribution in [0.25, 0.3) is 0 Å². The minimum Gasteiger partial charge on any atom is -0.484 e. The van der Waals surface area contributed by atoms with Gasteiger partial charge in [0.25, 0.3) is 5.91 Å². The Hall–Kier alpha value is -2.07. The zero-order valence-electron chi connectivity index (χ0n) is 12.2. The van der Waals surface area contributed by atoms with Gasteiger partial charge in [0.15, 0.2) is 6.61 Å². The minimum absolute atomic E-state index is 0.0865. The molecule has 0 spiro atoms. The van der Waals surface area contributed by atoms with Crippen LogP contribution in [-0.2, 0) is 4.79 Å². The van der Waals surface area contributed by atoms with Crippen molar-refractivity contribution in [2.45, 2.75) is 13.3 Å². The van der Waals surface area contributed by atoms with Gasteiger partial charge in [0.05, 0.1) is 5.70 Å². The molecule has 0 saturated carbocycles. The highest BCUT2D eigenvalue weighted by Crippen LogP contribution is 2.15. The maximum atomic E-state index is 11.9. The number of carbonyl (C=O) groups is 1. The van der Waals surface area contributed by atoms with E-state index >= 15 is 0 Å². The number of amides is 1. The maximum Gasteiger partial charge on any atom is 0.262 e. The molecule has 1 aromatic rings. The van der Waals surface area contributed by atoms with Gasteiger partial charge in [-0.2, -0.15) is 0 Å². The quantitative estimate of drug-likeness (QED) is 0.620. The number of halogens is 1. The van der Waals surface area contributed by atoms with Crippen molar-refractivity contribution in [2.24, 2.45) is 4.99 Å². The lowest BCUT2D eigenvalue weighted by atomic mass is 10.1. The van der Waals surface area contributed by atoms with Gasteiger partial charge in [0.1, 0.15) is 5.75 Å². The van der Waals surface area contributed by atoms with Crippen LogP contribution in [0.5, 0.6) is 5.75 Å².